The van der Waals surface area contributed by atoms with Crippen LogP contribution in [0.25, 0.3) is 0 Å². The summed E-state index contributed by atoms with van der Waals surface area (Å²) >= 11 is 7.07. The van der Waals surface area contributed by atoms with Gasteiger partial charge in [0.2, 0.25) is 0 Å². The van der Waals surface area contributed by atoms with E-state index in [1.54, 1.807) is 11.3 Å². The summed E-state index contributed by atoms with van der Waals surface area (Å²) in [4.78, 5) is 1.27. The highest BCUT2D eigenvalue weighted by Gasteiger charge is 2.08. The van der Waals surface area contributed by atoms with Crippen molar-refractivity contribution in [1.82, 2.24) is 5.43 Å². The molecule has 0 aliphatic heterocycles. The number of aryl methyl sites for hydroxylation is 1. The summed E-state index contributed by atoms with van der Waals surface area (Å²) in [5.74, 6) is 6.62. The molecule has 1 atom stereocenters. The molecule has 0 saturated carbocycles. The summed E-state index contributed by atoms with van der Waals surface area (Å²) in [5.41, 5.74) is 4.32. The van der Waals surface area contributed by atoms with E-state index in [1.807, 2.05) is 17.8 Å². The lowest BCUT2D eigenvalue weighted by atomic mass is 10.1. The zero-order valence-electron chi connectivity index (χ0n) is 10.5. The van der Waals surface area contributed by atoms with Crippen molar-refractivity contribution in [3.8, 4) is 0 Å². The minimum absolute atomic E-state index is 0.337. The zero-order chi connectivity index (χ0) is 13.5. The molecule has 3 N–H and O–H groups in total. The minimum Gasteiger partial charge on any atom is -0.271 e. The number of halogens is 1. The summed E-state index contributed by atoms with van der Waals surface area (Å²) < 4.78 is 1.12. The van der Waals surface area contributed by atoms with Crippen molar-refractivity contribution in [3.63, 3.8) is 0 Å². The first kappa shape index (κ1) is 15.1. The summed E-state index contributed by atoms with van der Waals surface area (Å²) in [6, 6.07) is 10.9. The summed E-state index contributed by atoms with van der Waals surface area (Å²) in [6.07, 6.45) is 2.14. The van der Waals surface area contributed by atoms with Gasteiger partial charge in [0, 0.05) is 21.2 Å². The van der Waals surface area contributed by atoms with Crippen molar-refractivity contribution in [2.75, 3.05) is 5.75 Å². The SMILES string of the molecule is NNC(CCc1ccsc1)CSc1cccc(Br)c1. The van der Waals surface area contributed by atoms with Crippen LogP contribution in [0.3, 0.4) is 0 Å². The van der Waals surface area contributed by atoms with E-state index in [4.69, 9.17) is 5.84 Å². The van der Waals surface area contributed by atoms with Gasteiger partial charge in [-0.15, -0.1) is 11.8 Å². The average molecular weight is 357 g/mol. The van der Waals surface area contributed by atoms with Crippen molar-refractivity contribution in [2.24, 2.45) is 5.84 Å². The largest absolute Gasteiger partial charge is 0.271 e. The van der Waals surface area contributed by atoms with Crippen LogP contribution < -0.4 is 11.3 Å². The molecule has 0 spiro atoms. The van der Waals surface area contributed by atoms with Gasteiger partial charge in [0.15, 0.2) is 0 Å². The molecule has 0 aliphatic carbocycles. The molecule has 1 aromatic carbocycles. The summed E-state index contributed by atoms with van der Waals surface area (Å²) in [5, 5.41) is 4.32. The average Bonchev–Trinajstić information content (AvgIpc) is 2.92. The lowest BCUT2D eigenvalue weighted by molar-refractivity contribution is 0.539. The molecular weight excluding hydrogens is 340 g/mol. The van der Waals surface area contributed by atoms with Crippen LogP contribution in [0.5, 0.6) is 0 Å². The number of rotatable bonds is 7. The molecule has 1 aromatic heterocycles. The van der Waals surface area contributed by atoms with Crippen molar-refractivity contribution in [1.29, 1.82) is 0 Å². The molecule has 5 heteroatoms. The predicted molar refractivity (Wildman–Crippen MR) is 88.6 cm³/mol. The number of hydrogen-bond acceptors (Lipinski definition) is 4. The van der Waals surface area contributed by atoms with Crippen LogP contribution in [0.4, 0.5) is 0 Å². The maximum Gasteiger partial charge on any atom is 0.0307 e. The van der Waals surface area contributed by atoms with Crippen LogP contribution in [0, 0.1) is 0 Å². The highest BCUT2D eigenvalue weighted by atomic mass is 79.9. The fourth-order valence-electron chi connectivity index (χ4n) is 1.74. The minimum atomic E-state index is 0.337. The summed E-state index contributed by atoms with van der Waals surface area (Å²) in [6.45, 7) is 0. The van der Waals surface area contributed by atoms with Crippen molar-refractivity contribution in [3.05, 3.63) is 51.1 Å². The molecule has 0 aliphatic rings. The van der Waals surface area contributed by atoms with Gasteiger partial charge in [-0.05, 0) is 53.4 Å². The number of hydrogen-bond donors (Lipinski definition) is 2. The second kappa shape index (κ2) is 8.07. The van der Waals surface area contributed by atoms with E-state index in [-0.39, 0.29) is 0 Å². The highest BCUT2D eigenvalue weighted by Crippen LogP contribution is 2.23. The molecule has 2 rings (SSSR count). The molecule has 0 bridgehead atoms. The molecule has 19 heavy (non-hydrogen) atoms. The van der Waals surface area contributed by atoms with E-state index in [9.17, 15) is 0 Å². The van der Waals surface area contributed by atoms with Gasteiger partial charge >= 0.3 is 0 Å². The van der Waals surface area contributed by atoms with Gasteiger partial charge in [-0.3, -0.25) is 11.3 Å². The van der Waals surface area contributed by atoms with Gasteiger partial charge in [0.25, 0.3) is 0 Å². The number of nitrogens with two attached hydrogens (primary N) is 1. The van der Waals surface area contributed by atoms with Crippen LogP contribution in [-0.4, -0.2) is 11.8 Å². The Labute approximate surface area is 130 Å². The first-order valence-electron chi connectivity index (χ1n) is 6.13. The molecule has 2 aromatic rings. The molecule has 0 amide bonds. The Morgan fingerprint density at radius 2 is 2.26 bits per heavy atom. The number of nitrogens with one attached hydrogen (secondary N) is 1. The number of thioether (sulfide) groups is 1. The molecule has 1 unspecified atom stereocenters. The Balaban J connectivity index is 1.79. The molecule has 102 valence electrons. The first-order chi connectivity index (χ1) is 9.28. The summed E-state index contributed by atoms with van der Waals surface area (Å²) in [7, 11) is 0. The molecular formula is C14H17BrN2S2. The van der Waals surface area contributed by atoms with Gasteiger partial charge in [-0.1, -0.05) is 22.0 Å². The number of thiophene rings is 1. The first-order valence-corrected chi connectivity index (χ1v) is 8.85. The van der Waals surface area contributed by atoms with Crippen LogP contribution in [0.2, 0.25) is 0 Å². The second-order valence-corrected chi connectivity index (χ2v) is 7.09. The van der Waals surface area contributed by atoms with Crippen molar-refractivity contribution in [2.45, 2.75) is 23.8 Å². The molecule has 0 fully saturated rings. The van der Waals surface area contributed by atoms with Crippen LogP contribution in [0.15, 0.2) is 50.5 Å². The third kappa shape index (κ3) is 5.28. The third-order valence-electron chi connectivity index (χ3n) is 2.84. The van der Waals surface area contributed by atoms with Crippen LogP contribution in [0.1, 0.15) is 12.0 Å². The quantitative estimate of drug-likeness (QED) is 0.446. The van der Waals surface area contributed by atoms with E-state index in [1.165, 1.54) is 10.5 Å². The van der Waals surface area contributed by atoms with E-state index < -0.39 is 0 Å². The van der Waals surface area contributed by atoms with Gasteiger partial charge in [-0.25, -0.2) is 0 Å². The maximum absolute atomic E-state index is 5.64. The Morgan fingerprint density at radius 1 is 1.37 bits per heavy atom. The van der Waals surface area contributed by atoms with Gasteiger partial charge in [0.1, 0.15) is 0 Å². The predicted octanol–water partition coefficient (Wildman–Crippen LogP) is 4.07. The van der Waals surface area contributed by atoms with Crippen LogP contribution >= 0.6 is 39.0 Å². The second-order valence-electron chi connectivity index (χ2n) is 4.30. The van der Waals surface area contributed by atoms with E-state index >= 15 is 0 Å². The van der Waals surface area contributed by atoms with E-state index in [0.29, 0.717) is 6.04 Å². The smallest absolute Gasteiger partial charge is 0.0307 e. The topological polar surface area (TPSA) is 38.0 Å². The Hall–Kier alpha value is -0.330. The van der Waals surface area contributed by atoms with Gasteiger partial charge < -0.3 is 0 Å². The Bertz CT molecular complexity index is 488. The Morgan fingerprint density at radius 3 is 2.95 bits per heavy atom. The number of benzene rings is 1. The molecule has 2 nitrogen and oxygen atoms in total. The van der Waals surface area contributed by atoms with Crippen molar-refractivity contribution < 1.29 is 0 Å². The zero-order valence-corrected chi connectivity index (χ0v) is 13.7. The van der Waals surface area contributed by atoms with Crippen molar-refractivity contribution >= 4 is 39.0 Å². The molecule has 0 saturated heterocycles. The van der Waals surface area contributed by atoms with Crippen LogP contribution in [-0.2, 0) is 6.42 Å². The maximum atomic E-state index is 5.64. The van der Waals surface area contributed by atoms with E-state index in [2.05, 4.69) is 56.4 Å². The monoisotopic (exact) mass is 356 g/mol. The van der Waals surface area contributed by atoms with Gasteiger partial charge in [0.05, 0.1) is 0 Å². The fraction of sp³-hybridized carbons (Fsp3) is 0.286. The van der Waals surface area contributed by atoms with Gasteiger partial charge in [-0.2, -0.15) is 11.3 Å². The Kier molecular flexibility index (Phi) is 6.40. The standard InChI is InChI=1S/C14H17BrN2S2/c15-12-2-1-3-14(8-12)19-10-13(17-16)5-4-11-6-7-18-9-11/h1-3,6-9,13,17H,4-5,10,16H2. The number of hydrazine groups is 1. The normalized spacial score (nSPS) is 12.5. The highest BCUT2D eigenvalue weighted by molar-refractivity contribution is 9.10. The molecule has 0 radical (unpaired) electrons. The lowest BCUT2D eigenvalue weighted by Crippen LogP contribution is -2.37. The van der Waals surface area contributed by atoms with E-state index in [0.717, 1.165) is 23.1 Å². The third-order valence-corrected chi connectivity index (χ3v) is 5.23. The lowest BCUT2D eigenvalue weighted by Gasteiger charge is -2.15. The fourth-order valence-corrected chi connectivity index (χ4v) is 4.04. The molecule has 1 heterocycles.